The van der Waals surface area contributed by atoms with Crippen molar-refractivity contribution < 1.29 is 4.79 Å². The molecule has 5 heteroatoms. The summed E-state index contributed by atoms with van der Waals surface area (Å²) in [6, 6.07) is 3.59. The summed E-state index contributed by atoms with van der Waals surface area (Å²) in [5.74, 6) is 0.101. The predicted octanol–water partition coefficient (Wildman–Crippen LogP) is 2.50. The van der Waals surface area contributed by atoms with Crippen LogP contribution in [0.2, 0.25) is 5.02 Å². The molecule has 0 unspecified atom stereocenters. The van der Waals surface area contributed by atoms with E-state index in [2.05, 4.69) is 10.3 Å². The van der Waals surface area contributed by atoms with Crippen LogP contribution in [0.3, 0.4) is 0 Å². The van der Waals surface area contributed by atoms with Gasteiger partial charge in [0.1, 0.15) is 5.03 Å². The van der Waals surface area contributed by atoms with Gasteiger partial charge in [0.25, 0.3) is 0 Å². The number of aromatic nitrogens is 1. The number of nitrogens with zero attached hydrogens (tertiary/aromatic N) is 1. The Morgan fingerprint density at radius 1 is 1.50 bits per heavy atom. The number of hydrogen-bond donors (Lipinski definition) is 1. The maximum absolute atomic E-state index is 11.7. The van der Waals surface area contributed by atoms with Crippen molar-refractivity contribution in [1.82, 2.24) is 10.3 Å². The molecule has 0 saturated carbocycles. The van der Waals surface area contributed by atoms with Gasteiger partial charge < -0.3 is 5.32 Å². The lowest BCUT2D eigenvalue weighted by Gasteiger charge is -2.12. The van der Waals surface area contributed by atoms with Gasteiger partial charge in [0.2, 0.25) is 5.91 Å². The van der Waals surface area contributed by atoms with Crippen LogP contribution >= 0.6 is 23.4 Å². The van der Waals surface area contributed by atoms with Crippen LogP contribution in [-0.4, -0.2) is 22.7 Å². The zero-order chi connectivity index (χ0) is 11.4. The Bertz CT molecular complexity index is 386. The zero-order valence-corrected chi connectivity index (χ0v) is 10.4. The van der Waals surface area contributed by atoms with Gasteiger partial charge in [0, 0.05) is 12.7 Å². The lowest BCUT2D eigenvalue weighted by Crippen LogP contribution is -2.30. The monoisotopic (exact) mass is 256 g/mol. The molecule has 1 aliphatic heterocycles. The minimum Gasteiger partial charge on any atom is -0.355 e. The van der Waals surface area contributed by atoms with Crippen LogP contribution in [0.5, 0.6) is 0 Å². The van der Waals surface area contributed by atoms with Crippen molar-refractivity contribution >= 4 is 29.3 Å². The van der Waals surface area contributed by atoms with E-state index < -0.39 is 0 Å². The molecule has 0 aliphatic carbocycles. The summed E-state index contributed by atoms with van der Waals surface area (Å²) < 4.78 is 0. The van der Waals surface area contributed by atoms with Crippen molar-refractivity contribution in [3.05, 3.63) is 23.4 Å². The van der Waals surface area contributed by atoms with Crippen LogP contribution in [0.4, 0.5) is 0 Å². The third-order valence-corrected chi connectivity index (χ3v) is 4.16. The Labute approximate surface area is 104 Å². The number of carbonyl (C=O) groups excluding carboxylic acids is 1. The predicted molar refractivity (Wildman–Crippen MR) is 65.8 cm³/mol. The first-order chi connectivity index (χ1) is 7.77. The van der Waals surface area contributed by atoms with Crippen LogP contribution in [0.15, 0.2) is 23.4 Å². The van der Waals surface area contributed by atoms with Gasteiger partial charge in [-0.1, -0.05) is 29.8 Å². The molecule has 1 fully saturated rings. The third-order valence-electron chi connectivity index (χ3n) is 2.46. The van der Waals surface area contributed by atoms with Crippen LogP contribution in [0.25, 0.3) is 0 Å². The van der Waals surface area contributed by atoms with E-state index in [1.165, 1.54) is 11.8 Å². The third kappa shape index (κ3) is 2.89. The van der Waals surface area contributed by atoms with Crippen LogP contribution in [-0.2, 0) is 4.79 Å². The van der Waals surface area contributed by atoms with E-state index in [1.54, 1.807) is 18.3 Å². The molecule has 2 heterocycles. The number of hydrogen-bond acceptors (Lipinski definition) is 3. The van der Waals surface area contributed by atoms with Gasteiger partial charge in [-0.3, -0.25) is 4.79 Å². The summed E-state index contributed by atoms with van der Waals surface area (Å²) in [6.07, 6.45) is 4.71. The van der Waals surface area contributed by atoms with E-state index in [0.29, 0.717) is 5.02 Å². The van der Waals surface area contributed by atoms with E-state index in [4.69, 9.17) is 11.6 Å². The van der Waals surface area contributed by atoms with Crippen molar-refractivity contribution in [2.45, 2.75) is 29.5 Å². The summed E-state index contributed by atoms with van der Waals surface area (Å²) in [7, 11) is 0. The average molecular weight is 257 g/mol. The molecule has 2 rings (SSSR count). The first-order valence-corrected chi connectivity index (χ1v) is 6.58. The average Bonchev–Trinajstić information content (AvgIpc) is 2.48. The molecule has 16 heavy (non-hydrogen) atoms. The highest BCUT2D eigenvalue weighted by atomic mass is 35.5. The molecule has 3 nitrogen and oxygen atoms in total. The highest BCUT2D eigenvalue weighted by Gasteiger charge is 2.22. The van der Waals surface area contributed by atoms with E-state index in [0.717, 1.165) is 30.8 Å². The Hall–Kier alpha value is -0.740. The molecular formula is C11H13ClN2OS. The number of pyridine rings is 1. The summed E-state index contributed by atoms with van der Waals surface area (Å²) in [4.78, 5) is 15.9. The topological polar surface area (TPSA) is 42.0 Å². The van der Waals surface area contributed by atoms with Gasteiger partial charge >= 0.3 is 0 Å². The van der Waals surface area contributed by atoms with Gasteiger partial charge in [0.05, 0.1) is 10.3 Å². The van der Waals surface area contributed by atoms with Crippen molar-refractivity contribution in [2.24, 2.45) is 0 Å². The molecule has 0 radical (unpaired) electrons. The largest absolute Gasteiger partial charge is 0.355 e. The van der Waals surface area contributed by atoms with Crippen molar-refractivity contribution in [3.63, 3.8) is 0 Å². The first-order valence-electron chi connectivity index (χ1n) is 5.32. The SMILES string of the molecule is O=C1NCCCC[C@H]1Sc1ncccc1Cl. The Balaban J connectivity index is 2.08. The van der Waals surface area contributed by atoms with Gasteiger partial charge in [-0.2, -0.15) is 0 Å². The smallest absolute Gasteiger partial charge is 0.233 e. The molecule has 1 aliphatic rings. The summed E-state index contributed by atoms with van der Waals surface area (Å²) in [5.41, 5.74) is 0. The molecule has 86 valence electrons. The van der Waals surface area contributed by atoms with Crippen LogP contribution < -0.4 is 5.32 Å². The van der Waals surface area contributed by atoms with Gasteiger partial charge in [0.15, 0.2) is 0 Å². The maximum Gasteiger partial charge on any atom is 0.233 e. The number of nitrogens with one attached hydrogen (secondary N) is 1. The fraction of sp³-hybridized carbons (Fsp3) is 0.455. The van der Waals surface area contributed by atoms with Gasteiger partial charge in [-0.25, -0.2) is 4.98 Å². The van der Waals surface area contributed by atoms with E-state index in [-0.39, 0.29) is 11.2 Å². The normalized spacial score (nSPS) is 21.3. The summed E-state index contributed by atoms with van der Waals surface area (Å²) in [5, 5.41) is 4.20. The Morgan fingerprint density at radius 3 is 3.19 bits per heavy atom. The second-order valence-corrected chi connectivity index (χ2v) is 5.28. The molecule has 0 bridgehead atoms. The number of halogens is 1. The standard InChI is InChI=1S/C11H13ClN2OS/c12-8-4-3-7-14-11(8)16-9-5-1-2-6-13-10(9)15/h3-4,7,9H,1-2,5-6H2,(H,13,15)/t9-/m1/s1. The number of rotatable bonds is 2. The van der Waals surface area contributed by atoms with Crippen LogP contribution in [0, 0.1) is 0 Å². The minimum atomic E-state index is -0.0603. The molecule has 1 aromatic heterocycles. The fourth-order valence-corrected chi connectivity index (χ4v) is 2.92. The number of amides is 1. The second kappa shape index (κ2) is 5.55. The quantitative estimate of drug-likeness (QED) is 0.884. The molecule has 1 atom stereocenters. The van der Waals surface area contributed by atoms with Crippen LogP contribution in [0.1, 0.15) is 19.3 Å². The van der Waals surface area contributed by atoms with E-state index in [9.17, 15) is 4.79 Å². The molecular weight excluding hydrogens is 244 g/mol. The molecule has 1 N–H and O–H groups in total. The van der Waals surface area contributed by atoms with E-state index >= 15 is 0 Å². The maximum atomic E-state index is 11.7. The van der Waals surface area contributed by atoms with Gasteiger partial charge in [-0.15, -0.1) is 0 Å². The minimum absolute atomic E-state index is 0.0603. The molecule has 1 saturated heterocycles. The first kappa shape index (κ1) is 11.7. The Morgan fingerprint density at radius 2 is 2.38 bits per heavy atom. The lowest BCUT2D eigenvalue weighted by atomic mass is 10.2. The van der Waals surface area contributed by atoms with E-state index in [1.807, 2.05) is 0 Å². The molecule has 1 aromatic rings. The number of carbonyl (C=O) groups is 1. The lowest BCUT2D eigenvalue weighted by molar-refractivity contribution is -0.120. The Kier molecular flexibility index (Phi) is 4.07. The fourth-order valence-electron chi connectivity index (χ4n) is 1.62. The van der Waals surface area contributed by atoms with Crippen molar-refractivity contribution in [3.8, 4) is 0 Å². The summed E-state index contributed by atoms with van der Waals surface area (Å²) in [6.45, 7) is 0.784. The molecule has 0 aromatic carbocycles. The highest BCUT2D eigenvalue weighted by Crippen LogP contribution is 2.31. The highest BCUT2D eigenvalue weighted by molar-refractivity contribution is 8.00. The van der Waals surface area contributed by atoms with Crippen molar-refractivity contribution in [2.75, 3.05) is 6.54 Å². The van der Waals surface area contributed by atoms with Crippen molar-refractivity contribution in [1.29, 1.82) is 0 Å². The molecule has 0 spiro atoms. The number of thioether (sulfide) groups is 1. The van der Waals surface area contributed by atoms with Gasteiger partial charge in [-0.05, 0) is 25.0 Å². The summed E-state index contributed by atoms with van der Waals surface area (Å²) >= 11 is 7.47. The zero-order valence-electron chi connectivity index (χ0n) is 8.78. The second-order valence-electron chi connectivity index (χ2n) is 3.68. The molecule has 1 amide bonds.